The van der Waals surface area contributed by atoms with E-state index in [2.05, 4.69) is 176 Å². The highest BCUT2D eigenvalue weighted by molar-refractivity contribution is 6.37. The van der Waals surface area contributed by atoms with Crippen molar-refractivity contribution in [1.82, 2.24) is 9.97 Å². The van der Waals surface area contributed by atoms with E-state index in [4.69, 9.17) is 9.97 Å². The van der Waals surface area contributed by atoms with Gasteiger partial charge in [0.25, 0.3) is 0 Å². The van der Waals surface area contributed by atoms with Gasteiger partial charge in [0.1, 0.15) is 0 Å². The lowest BCUT2D eigenvalue weighted by atomic mass is 9.86. The van der Waals surface area contributed by atoms with Crippen LogP contribution in [0.2, 0.25) is 0 Å². The van der Waals surface area contributed by atoms with Crippen LogP contribution < -0.4 is 0 Å². The van der Waals surface area contributed by atoms with Crippen LogP contribution in [0.15, 0.2) is 212 Å². The second-order valence-electron chi connectivity index (χ2n) is 16.7. The lowest BCUT2D eigenvalue weighted by molar-refractivity contribution is 1.18. The first-order valence-electron chi connectivity index (χ1n) is 21.7. The van der Waals surface area contributed by atoms with Crippen molar-refractivity contribution < 1.29 is 0 Å². The van der Waals surface area contributed by atoms with Crippen LogP contribution in [-0.2, 0) is 0 Å². The minimum absolute atomic E-state index is 0.629. The molecule has 0 unspecified atom stereocenters. The van der Waals surface area contributed by atoms with Crippen molar-refractivity contribution in [2.24, 2.45) is 0 Å². The Morgan fingerprint density at radius 3 is 1.44 bits per heavy atom. The molecule has 0 fully saturated rings. The third kappa shape index (κ3) is 5.53. The van der Waals surface area contributed by atoms with Gasteiger partial charge >= 0.3 is 0 Å². The maximum atomic E-state index is 9.50. The van der Waals surface area contributed by atoms with Crippen LogP contribution in [0.4, 0.5) is 0 Å². The molecule has 0 aliphatic rings. The van der Waals surface area contributed by atoms with Gasteiger partial charge in [-0.3, -0.25) is 0 Å². The van der Waals surface area contributed by atoms with Gasteiger partial charge in [-0.05, 0) is 128 Å². The van der Waals surface area contributed by atoms with Gasteiger partial charge in [0.2, 0.25) is 0 Å². The van der Waals surface area contributed by atoms with Gasteiger partial charge in [0.15, 0.2) is 5.82 Å². The van der Waals surface area contributed by atoms with Crippen molar-refractivity contribution in [2.75, 3.05) is 0 Å². The van der Waals surface area contributed by atoms with E-state index in [1.54, 1.807) is 0 Å². The zero-order chi connectivity index (χ0) is 42.3. The number of fused-ring (bicyclic) bond motifs is 3. The summed E-state index contributed by atoms with van der Waals surface area (Å²) in [7, 11) is 0. The Hall–Kier alpha value is -8.71. The maximum absolute atomic E-state index is 9.50. The van der Waals surface area contributed by atoms with Crippen molar-refractivity contribution >= 4 is 75.4 Å². The van der Waals surface area contributed by atoms with Crippen molar-refractivity contribution in [2.45, 2.75) is 0 Å². The van der Waals surface area contributed by atoms with Gasteiger partial charge in [-0.15, -0.1) is 0 Å². The fraction of sp³-hybridized carbons (Fsp3) is 0. The van der Waals surface area contributed by atoms with E-state index in [9.17, 15) is 5.26 Å². The number of hydrogen-bond acceptors (Lipinski definition) is 3. The summed E-state index contributed by atoms with van der Waals surface area (Å²) in [5.41, 5.74) is 9.69. The van der Waals surface area contributed by atoms with Gasteiger partial charge in [-0.1, -0.05) is 182 Å². The predicted octanol–water partition coefficient (Wildman–Crippen LogP) is 16.2. The van der Waals surface area contributed by atoms with Crippen LogP contribution in [0.1, 0.15) is 5.56 Å². The molecule has 294 valence electrons. The number of nitrogens with zero attached hydrogens (tertiary/aromatic N) is 3. The fourth-order valence-corrected chi connectivity index (χ4v) is 10.3. The molecule has 3 nitrogen and oxygen atoms in total. The van der Waals surface area contributed by atoms with Gasteiger partial charge < -0.3 is 0 Å². The topological polar surface area (TPSA) is 49.6 Å². The van der Waals surface area contributed by atoms with E-state index >= 15 is 0 Å². The molecule has 0 atom stereocenters. The Balaban J connectivity index is 1.06. The van der Waals surface area contributed by atoms with E-state index in [1.165, 1.54) is 75.8 Å². The third-order valence-electron chi connectivity index (χ3n) is 13.2. The van der Waals surface area contributed by atoms with Crippen LogP contribution >= 0.6 is 0 Å². The summed E-state index contributed by atoms with van der Waals surface area (Å²) >= 11 is 0. The molecule has 0 bridgehead atoms. The molecule has 0 saturated carbocycles. The lowest BCUT2D eigenvalue weighted by Crippen LogP contribution is -1.98. The van der Waals surface area contributed by atoms with Crippen LogP contribution in [0.25, 0.3) is 132 Å². The Kier molecular flexibility index (Phi) is 7.97. The molecule has 0 radical (unpaired) electrons. The predicted molar refractivity (Wildman–Crippen MR) is 268 cm³/mol. The van der Waals surface area contributed by atoms with Crippen molar-refractivity contribution in [1.29, 1.82) is 5.26 Å². The molecular weight excluding hydrogens is 775 g/mol. The van der Waals surface area contributed by atoms with Crippen LogP contribution in [0.3, 0.4) is 0 Å². The molecule has 64 heavy (non-hydrogen) atoms. The van der Waals surface area contributed by atoms with Gasteiger partial charge in [-0.2, -0.15) is 5.26 Å². The quantitative estimate of drug-likeness (QED) is 0.163. The summed E-state index contributed by atoms with van der Waals surface area (Å²) < 4.78 is 0. The molecule has 0 aliphatic heterocycles. The average Bonchev–Trinajstić information content (AvgIpc) is 3.37. The third-order valence-corrected chi connectivity index (χ3v) is 13.2. The average molecular weight is 810 g/mol. The van der Waals surface area contributed by atoms with Gasteiger partial charge in [-0.25, -0.2) is 9.97 Å². The number of rotatable bonds is 5. The summed E-state index contributed by atoms with van der Waals surface area (Å²) in [5, 5.41) is 27.0. The first kappa shape index (κ1) is 36.0. The maximum Gasteiger partial charge on any atom is 0.160 e. The van der Waals surface area contributed by atoms with E-state index in [-0.39, 0.29) is 0 Å². The lowest BCUT2D eigenvalue weighted by Gasteiger charge is -2.18. The van der Waals surface area contributed by atoms with E-state index in [0.29, 0.717) is 11.4 Å². The summed E-state index contributed by atoms with van der Waals surface area (Å²) in [5.74, 6) is 0.661. The van der Waals surface area contributed by atoms with E-state index in [0.717, 1.165) is 50.0 Å². The normalized spacial score (nSPS) is 11.7. The van der Waals surface area contributed by atoms with Crippen LogP contribution in [0, 0.1) is 11.3 Å². The Labute approximate surface area is 369 Å². The molecule has 1 heterocycles. The number of nitriles is 1. The second kappa shape index (κ2) is 14.2. The van der Waals surface area contributed by atoms with E-state index < -0.39 is 0 Å². The summed E-state index contributed by atoms with van der Waals surface area (Å²) in [6.45, 7) is 0. The molecular formula is C61H35N3. The minimum atomic E-state index is 0.629. The molecule has 0 aliphatic carbocycles. The van der Waals surface area contributed by atoms with Crippen molar-refractivity contribution in [3.8, 4) is 62.2 Å². The minimum Gasteiger partial charge on any atom is -0.228 e. The van der Waals surface area contributed by atoms with Gasteiger partial charge in [0.05, 0.1) is 23.0 Å². The zero-order valence-electron chi connectivity index (χ0n) is 34.5. The smallest absolute Gasteiger partial charge is 0.160 e. The summed E-state index contributed by atoms with van der Waals surface area (Å²) in [6.07, 6.45) is 0. The Morgan fingerprint density at radius 1 is 0.297 bits per heavy atom. The summed E-state index contributed by atoms with van der Waals surface area (Å²) in [4.78, 5) is 10.5. The van der Waals surface area contributed by atoms with Crippen molar-refractivity contribution in [3.63, 3.8) is 0 Å². The SMILES string of the molecule is N#Cc1ccc(-c2ccccc2-c2cc(-c3ccc(-c4cc5ccc6cccc7c8cccc9ccc%10cccc(c(c4)c5c67)c%10c98)c4ccccc34)nc(-c3ccccc3)n2)cc1. The molecule has 0 saturated heterocycles. The standard InChI is InChI=1S/C61H35N3/c62-36-37-23-25-38(26-24-37)45-16-4-7-19-49(45)55-35-56(64-61(63-55)42-11-2-1-3-12-42)50-32-31-46(47-17-5-6-18-48(47)50)44-33-43-30-29-41-14-9-21-52-51-20-8-13-39-27-28-40-15-10-22-53(59(40)57(39)51)54(34-44)60(43)58(41)52/h1-35H. The second-order valence-corrected chi connectivity index (χ2v) is 16.7. The molecule has 3 heteroatoms. The Morgan fingerprint density at radius 2 is 0.797 bits per heavy atom. The highest BCUT2D eigenvalue weighted by Gasteiger charge is 2.20. The Bertz CT molecular complexity index is 4060. The highest BCUT2D eigenvalue weighted by Crippen LogP contribution is 2.46. The fourth-order valence-electron chi connectivity index (χ4n) is 10.3. The molecule has 0 N–H and O–H groups in total. The first-order valence-corrected chi connectivity index (χ1v) is 21.7. The molecule has 0 spiro atoms. The zero-order valence-corrected chi connectivity index (χ0v) is 34.5. The molecule has 0 amide bonds. The van der Waals surface area contributed by atoms with Crippen LogP contribution in [-0.4, -0.2) is 9.97 Å². The molecule has 13 aromatic rings. The monoisotopic (exact) mass is 809 g/mol. The number of hydrogen-bond donors (Lipinski definition) is 0. The van der Waals surface area contributed by atoms with Crippen molar-refractivity contribution in [3.05, 3.63) is 218 Å². The number of benzene rings is 11. The first-order chi connectivity index (χ1) is 31.7. The van der Waals surface area contributed by atoms with Gasteiger partial charge in [0, 0.05) is 16.7 Å². The van der Waals surface area contributed by atoms with Crippen LogP contribution in [0.5, 0.6) is 0 Å². The molecule has 12 aromatic carbocycles. The number of aromatic nitrogens is 2. The molecule has 13 rings (SSSR count). The highest BCUT2D eigenvalue weighted by atomic mass is 14.9. The molecule has 1 aromatic heterocycles. The summed E-state index contributed by atoms with van der Waals surface area (Å²) in [6, 6.07) is 78.3. The van der Waals surface area contributed by atoms with E-state index in [1.807, 2.05) is 42.5 Å². The largest absolute Gasteiger partial charge is 0.228 e.